The van der Waals surface area contributed by atoms with Crippen molar-refractivity contribution in [2.45, 2.75) is 19.4 Å². The fourth-order valence-electron chi connectivity index (χ4n) is 2.22. The van der Waals surface area contributed by atoms with Crippen LogP contribution in [0, 0.1) is 11.3 Å². The minimum Gasteiger partial charge on any atom is -0.482 e. The quantitative estimate of drug-likeness (QED) is 0.839. The zero-order chi connectivity index (χ0) is 14.6. The number of hydrogen-bond donors (Lipinski definition) is 0. The minimum absolute atomic E-state index is 0.0673. The van der Waals surface area contributed by atoms with E-state index in [2.05, 4.69) is 0 Å². The van der Waals surface area contributed by atoms with E-state index in [1.54, 1.807) is 29.2 Å². The van der Waals surface area contributed by atoms with Crippen LogP contribution in [0.3, 0.4) is 0 Å². The first-order valence-corrected chi connectivity index (χ1v) is 6.55. The Hall–Kier alpha value is -2.06. The maximum Gasteiger partial charge on any atom is 0.261 e. The van der Waals surface area contributed by atoms with Crippen LogP contribution in [0.5, 0.6) is 5.75 Å². The van der Waals surface area contributed by atoms with Crippen LogP contribution in [0.25, 0.3) is 0 Å². The summed E-state index contributed by atoms with van der Waals surface area (Å²) in [7, 11) is 0. The third-order valence-corrected chi connectivity index (χ3v) is 3.30. The third-order valence-electron chi connectivity index (χ3n) is 3.30. The minimum atomic E-state index is -0.326. The lowest BCUT2D eigenvalue weighted by Crippen LogP contribution is -2.56. The average Bonchev–Trinajstić information content (AvgIpc) is 2.44. The van der Waals surface area contributed by atoms with Gasteiger partial charge in [-0.2, -0.15) is 5.26 Å². The van der Waals surface area contributed by atoms with E-state index >= 15 is 0 Å². The molecular weight excluding hydrogens is 256 g/mol. The van der Waals surface area contributed by atoms with Gasteiger partial charge in [0.25, 0.3) is 5.91 Å². The molecule has 1 aromatic rings. The standard InChI is InChI=1S/C15H18N2O3/c1-15(2)11-19-8-7-17(15)14(18)10-20-13-6-4-3-5-12(13)9-16/h3-6H,7-8,10-11H2,1-2H3. The lowest BCUT2D eigenvalue weighted by molar-refractivity contribution is -0.148. The van der Waals surface area contributed by atoms with Gasteiger partial charge < -0.3 is 14.4 Å². The predicted molar refractivity (Wildman–Crippen MR) is 73.3 cm³/mol. The molecule has 5 nitrogen and oxygen atoms in total. The molecule has 0 atom stereocenters. The highest BCUT2D eigenvalue weighted by Crippen LogP contribution is 2.20. The van der Waals surface area contributed by atoms with E-state index in [1.807, 2.05) is 19.9 Å². The van der Waals surface area contributed by atoms with Crippen molar-refractivity contribution >= 4 is 5.91 Å². The Labute approximate surface area is 118 Å². The molecule has 1 aromatic carbocycles. The van der Waals surface area contributed by atoms with Gasteiger partial charge in [-0.15, -0.1) is 0 Å². The highest BCUT2D eigenvalue weighted by molar-refractivity contribution is 5.78. The SMILES string of the molecule is CC1(C)COCCN1C(=O)COc1ccccc1C#N. The second kappa shape index (κ2) is 5.93. The molecule has 0 bridgehead atoms. The lowest BCUT2D eigenvalue weighted by Gasteiger charge is -2.42. The van der Waals surface area contributed by atoms with Crippen molar-refractivity contribution in [1.82, 2.24) is 4.90 Å². The van der Waals surface area contributed by atoms with Crippen molar-refractivity contribution in [1.29, 1.82) is 5.26 Å². The molecule has 0 saturated carbocycles. The first-order valence-electron chi connectivity index (χ1n) is 6.55. The van der Waals surface area contributed by atoms with Crippen LogP contribution < -0.4 is 4.74 Å². The van der Waals surface area contributed by atoms with Crippen LogP contribution in [0.1, 0.15) is 19.4 Å². The summed E-state index contributed by atoms with van der Waals surface area (Å²) in [5, 5.41) is 8.97. The number of rotatable bonds is 3. The topological polar surface area (TPSA) is 62.6 Å². The van der Waals surface area contributed by atoms with Crippen molar-refractivity contribution in [3.8, 4) is 11.8 Å². The number of morpholine rings is 1. The van der Waals surface area contributed by atoms with Crippen LogP contribution >= 0.6 is 0 Å². The summed E-state index contributed by atoms with van der Waals surface area (Å²) < 4.78 is 10.9. The van der Waals surface area contributed by atoms with E-state index in [4.69, 9.17) is 14.7 Å². The molecule has 0 aliphatic carbocycles. The van der Waals surface area contributed by atoms with E-state index < -0.39 is 0 Å². The molecule has 1 aliphatic rings. The monoisotopic (exact) mass is 274 g/mol. The molecule has 0 N–H and O–H groups in total. The number of nitrogens with zero attached hydrogens (tertiary/aromatic N) is 2. The second-order valence-corrected chi connectivity index (χ2v) is 5.31. The van der Waals surface area contributed by atoms with E-state index in [0.29, 0.717) is 31.1 Å². The molecule has 106 valence electrons. The van der Waals surface area contributed by atoms with Crippen LogP contribution in [-0.4, -0.2) is 42.7 Å². The fraction of sp³-hybridized carbons (Fsp3) is 0.467. The highest BCUT2D eigenvalue weighted by Gasteiger charge is 2.34. The van der Waals surface area contributed by atoms with Gasteiger partial charge in [-0.1, -0.05) is 12.1 Å². The number of carbonyl (C=O) groups excluding carboxylic acids is 1. The molecule has 1 heterocycles. The Morgan fingerprint density at radius 1 is 1.50 bits per heavy atom. The summed E-state index contributed by atoms with van der Waals surface area (Å²) in [6.45, 7) is 5.50. The summed E-state index contributed by atoms with van der Waals surface area (Å²) in [4.78, 5) is 14.0. The number of carbonyl (C=O) groups is 1. The first-order chi connectivity index (χ1) is 9.54. The maximum absolute atomic E-state index is 12.2. The smallest absolute Gasteiger partial charge is 0.261 e. The zero-order valence-corrected chi connectivity index (χ0v) is 11.8. The van der Waals surface area contributed by atoms with Crippen LogP contribution in [-0.2, 0) is 9.53 Å². The molecule has 5 heteroatoms. The van der Waals surface area contributed by atoms with Gasteiger partial charge in [0, 0.05) is 6.54 Å². The lowest BCUT2D eigenvalue weighted by atomic mass is 10.0. The molecule has 1 aliphatic heterocycles. The van der Waals surface area contributed by atoms with Gasteiger partial charge in [0.05, 0.1) is 24.3 Å². The summed E-state index contributed by atoms with van der Waals surface area (Å²) in [6.07, 6.45) is 0. The molecule has 20 heavy (non-hydrogen) atoms. The number of para-hydroxylation sites is 1. The molecular formula is C15H18N2O3. The summed E-state index contributed by atoms with van der Waals surface area (Å²) >= 11 is 0. The second-order valence-electron chi connectivity index (χ2n) is 5.31. The Morgan fingerprint density at radius 2 is 2.25 bits per heavy atom. The molecule has 1 saturated heterocycles. The van der Waals surface area contributed by atoms with Crippen LogP contribution in [0.2, 0.25) is 0 Å². The van der Waals surface area contributed by atoms with Crippen molar-refractivity contribution in [2.75, 3.05) is 26.4 Å². The van der Waals surface area contributed by atoms with Crippen molar-refractivity contribution in [3.63, 3.8) is 0 Å². The average molecular weight is 274 g/mol. The Morgan fingerprint density at radius 3 is 2.95 bits per heavy atom. The molecule has 0 unspecified atom stereocenters. The normalized spacial score (nSPS) is 17.4. The number of amides is 1. The van der Waals surface area contributed by atoms with Gasteiger partial charge in [-0.25, -0.2) is 0 Å². The Kier molecular flexibility index (Phi) is 4.26. The van der Waals surface area contributed by atoms with Gasteiger partial charge in [0.1, 0.15) is 11.8 Å². The van der Waals surface area contributed by atoms with E-state index in [0.717, 1.165) is 0 Å². The molecule has 0 aromatic heterocycles. The van der Waals surface area contributed by atoms with Gasteiger partial charge in [-0.3, -0.25) is 4.79 Å². The zero-order valence-electron chi connectivity index (χ0n) is 11.8. The Bertz CT molecular complexity index is 534. The summed E-state index contributed by atoms with van der Waals surface area (Å²) in [5.41, 5.74) is 0.106. The summed E-state index contributed by atoms with van der Waals surface area (Å²) in [5.74, 6) is 0.348. The molecule has 0 spiro atoms. The van der Waals surface area contributed by atoms with Crippen LogP contribution in [0.15, 0.2) is 24.3 Å². The largest absolute Gasteiger partial charge is 0.482 e. The number of hydrogen-bond acceptors (Lipinski definition) is 4. The fourth-order valence-corrected chi connectivity index (χ4v) is 2.22. The maximum atomic E-state index is 12.2. The highest BCUT2D eigenvalue weighted by atomic mass is 16.5. The van der Waals surface area contributed by atoms with Gasteiger partial charge in [0.2, 0.25) is 0 Å². The molecule has 2 rings (SSSR count). The van der Waals surface area contributed by atoms with Crippen molar-refractivity contribution in [3.05, 3.63) is 29.8 Å². The summed E-state index contributed by atoms with van der Waals surface area (Å²) in [6, 6.07) is 8.94. The van der Waals surface area contributed by atoms with E-state index in [-0.39, 0.29) is 18.1 Å². The molecule has 1 fully saturated rings. The van der Waals surface area contributed by atoms with Gasteiger partial charge >= 0.3 is 0 Å². The number of benzene rings is 1. The molecule has 0 radical (unpaired) electrons. The Balaban J connectivity index is 2.00. The third kappa shape index (κ3) is 3.09. The first kappa shape index (κ1) is 14.4. The van der Waals surface area contributed by atoms with Crippen molar-refractivity contribution < 1.29 is 14.3 Å². The van der Waals surface area contributed by atoms with Gasteiger partial charge in [-0.05, 0) is 26.0 Å². The van der Waals surface area contributed by atoms with Crippen molar-refractivity contribution in [2.24, 2.45) is 0 Å². The molecule has 1 amide bonds. The number of ether oxygens (including phenoxy) is 2. The predicted octanol–water partition coefficient (Wildman–Crippen LogP) is 1.57. The number of nitriles is 1. The van der Waals surface area contributed by atoms with Crippen LogP contribution in [0.4, 0.5) is 0 Å². The van der Waals surface area contributed by atoms with E-state index in [9.17, 15) is 4.79 Å². The van der Waals surface area contributed by atoms with E-state index in [1.165, 1.54) is 0 Å². The van der Waals surface area contributed by atoms with Gasteiger partial charge in [0.15, 0.2) is 6.61 Å².